The van der Waals surface area contributed by atoms with Gasteiger partial charge >= 0.3 is 0 Å². The molecule has 1 rings (SSSR count). The summed E-state index contributed by atoms with van der Waals surface area (Å²) in [5.74, 6) is -0.538. The van der Waals surface area contributed by atoms with E-state index in [2.05, 4.69) is 4.98 Å². The predicted molar refractivity (Wildman–Crippen MR) is 52.5 cm³/mol. The van der Waals surface area contributed by atoms with Gasteiger partial charge in [0.25, 0.3) is 0 Å². The van der Waals surface area contributed by atoms with Crippen molar-refractivity contribution in [2.24, 2.45) is 5.73 Å². The molecule has 0 spiro atoms. The van der Waals surface area contributed by atoms with Crippen LogP contribution in [0.25, 0.3) is 6.08 Å². The van der Waals surface area contributed by atoms with Crippen molar-refractivity contribution < 1.29 is 4.79 Å². The molecule has 0 atom stereocenters. The highest BCUT2D eigenvalue weighted by Crippen LogP contribution is 2.23. The Bertz CT molecular complexity index is 363. The number of amides is 1. The second-order valence-electron chi connectivity index (χ2n) is 2.24. The molecule has 0 radical (unpaired) electrons. The molecule has 0 aliphatic carbocycles. The lowest BCUT2D eigenvalue weighted by molar-refractivity contribution is -0.113. The third-order valence-electron chi connectivity index (χ3n) is 1.30. The van der Waals surface area contributed by atoms with Crippen molar-refractivity contribution in [1.82, 2.24) is 4.98 Å². The van der Waals surface area contributed by atoms with E-state index in [9.17, 15) is 4.79 Å². The molecule has 2 N–H and O–H groups in total. The summed E-state index contributed by atoms with van der Waals surface area (Å²) < 4.78 is 0. The average molecular weight is 217 g/mol. The number of halogens is 2. The summed E-state index contributed by atoms with van der Waals surface area (Å²) in [7, 11) is 0. The summed E-state index contributed by atoms with van der Waals surface area (Å²) in [6.07, 6.45) is 4.19. The van der Waals surface area contributed by atoms with Crippen LogP contribution in [-0.2, 0) is 4.79 Å². The Morgan fingerprint density at radius 2 is 2.23 bits per heavy atom. The van der Waals surface area contributed by atoms with E-state index in [1.807, 2.05) is 0 Å². The fourth-order valence-corrected chi connectivity index (χ4v) is 1.07. The second kappa shape index (κ2) is 4.25. The Kier molecular flexibility index (Phi) is 3.28. The Morgan fingerprint density at radius 1 is 1.54 bits per heavy atom. The summed E-state index contributed by atoms with van der Waals surface area (Å²) in [4.78, 5) is 14.2. The van der Waals surface area contributed by atoms with E-state index >= 15 is 0 Å². The van der Waals surface area contributed by atoms with Crippen LogP contribution >= 0.6 is 23.2 Å². The van der Waals surface area contributed by atoms with E-state index in [4.69, 9.17) is 28.9 Å². The first-order valence-corrected chi connectivity index (χ1v) is 4.14. The number of rotatable bonds is 2. The largest absolute Gasteiger partial charge is 0.366 e. The maximum Gasteiger partial charge on any atom is 0.241 e. The van der Waals surface area contributed by atoms with Gasteiger partial charge in [0.15, 0.2) is 0 Å². The smallest absolute Gasteiger partial charge is 0.241 e. The van der Waals surface area contributed by atoms with E-state index in [1.54, 1.807) is 6.07 Å². The molecule has 0 aliphatic rings. The van der Waals surface area contributed by atoms with Gasteiger partial charge in [-0.2, -0.15) is 0 Å². The van der Waals surface area contributed by atoms with Gasteiger partial charge in [-0.1, -0.05) is 23.2 Å². The van der Waals surface area contributed by atoms with Gasteiger partial charge in [0.1, 0.15) is 5.15 Å². The molecule has 0 aromatic carbocycles. The second-order valence-corrected chi connectivity index (χ2v) is 2.98. The number of hydrogen-bond donors (Lipinski definition) is 1. The van der Waals surface area contributed by atoms with Gasteiger partial charge in [-0.25, -0.2) is 4.98 Å². The van der Waals surface area contributed by atoms with Crippen LogP contribution in [0, 0.1) is 0 Å². The van der Waals surface area contributed by atoms with Crippen molar-refractivity contribution in [3.8, 4) is 0 Å². The number of pyridine rings is 1. The quantitative estimate of drug-likeness (QED) is 0.607. The third kappa shape index (κ3) is 2.72. The molecule has 0 saturated carbocycles. The first-order valence-electron chi connectivity index (χ1n) is 3.39. The summed E-state index contributed by atoms with van der Waals surface area (Å²) in [6, 6.07) is 1.63. The molecule has 1 amide bonds. The summed E-state index contributed by atoms with van der Waals surface area (Å²) in [6.45, 7) is 0. The van der Waals surface area contributed by atoms with Crippen LogP contribution in [0.4, 0.5) is 0 Å². The molecule has 0 saturated heterocycles. The third-order valence-corrected chi connectivity index (χ3v) is 2.08. The molecule has 1 aromatic heterocycles. The molecule has 1 aromatic rings. The monoisotopic (exact) mass is 216 g/mol. The lowest BCUT2D eigenvalue weighted by Gasteiger charge is -1.97. The zero-order valence-corrected chi connectivity index (χ0v) is 8.01. The highest BCUT2D eigenvalue weighted by atomic mass is 35.5. The van der Waals surface area contributed by atoms with E-state index in [1.165, 1.54) is 18.3 Å². The fourth-order valence-electron chi connectivity index (χ4n) is 0.733. The number of nitrogens with zero attached hydrogens (tertiary/aromatic N) is 1. The highest BCUT2D eigenvalue weighted by Gasteiger charge is 2.01. The lowest BCUT2D eigenvalue weighted by Crippen LogP contribution is -2.05. The van der Waals surface area contributed by atoms with Crippen LogP contribution in [0.5, 0.6) is 0 Å². The van der Waals surface area contributed by atoms with Crippen LogP contribution in [-0.4, -0.2) is 10.9 Å². The lowest BCUT2D eigenvalue weighted by atomic mass is 10.2. The van der Waals surface area contributed by atoms with Crippen LogP contribution in [0.2, 0.25) is 10.2 Å². The van der Waals surface area contributed by atoms with Crippen molar-refractivity contribution in [1.29, 1.82) is 0 Å². The molecule has 68 valence electrons. The van der Waals surface area contributed by atoms with Gasteiger partial charge in [-0.3, -0.25) is 4.79 Å². The van der Waals surface area contributed by atoms with Crippen LogP contribution < -0.4 is 5.73 Å². The Labute approximate surface area is 85.2 Å². The molecule has 0 bridgehead atoms. The summed E-state index contributed by atoms with van der Waals surface area (Å²) in [5.41, 5.74) is 5.52. The van der Waals surface area contributed by atoms with Gasteiger partial charge in [0.2, 0.25) is 5.91 Å². The van der Waals surface area contributed by atoms with E-state index in [0.717, 1.165) is 0 Å². The van der Waals surface area contributed by atoms with Gasteiger partial charge in [0, 0.05) is 12.3 Å². The van der Waals surface area contributed by atoms with Crippen molar-refractivity contribution in [2.75, 3.05) is 0 Å². The number of aromatic nitrogens is 1. The Morgan fingerprint density at radius 3 is 2.85 bits per heavy atom. The standard InChI is InChI=1S/C8H6Cl2N2O/c9-7-5(1-2-6(11)13)3-4-12-8(7)10/h1-4H,(H2,11,13). The molecular formula is C8H6Cl2N2O. The van der Waals surface area contributed by atoms with Crippen molar-refractivity contribution in [3.05, 3.63) is 34.1 Å². The number of primary amides is 1. The SMILES string of the molecule is NC(=O)C=Cc1ccnc(Cl)c1Cl. The predicted octanol–water partition coefficient (Wildman–Crippen LogP) is 1.89. The maximum atomic E-state index is 10.4. The minimum atomic E-state index is -0.538. The van der Waals surface area contributed by atoms with Crippen LogP contribution in [0.15, 0.2) is 18.3 Å². The van der Waals surface area contributed by atoms with Crippen molar-refractivity contribution >= 4 is 35.2 Å². The minimum absolute atomic E-state index is 0.202. The summed E-state index contributed by atoms with van der Waals surface area (Å²) >= 11 is 11.4. The topological polar surface area (TPSA) is 56.0 Å². The first-order chi connectivity index (χ1) is 6.11. The number of carbonyl (C=O) groups excluding carboxylic acids is 1. The van der Waals surface area contributed by atoms with Crippen molar-refractivity contribution in [2.45, 2.75) is 0 Å². The number of nitrogens with two attached hydrogens (primary N) is 1. The molecular weight excluding hydrogens is 211 g/mol. The van der Waals surface area contributed by atoms with E-state index < -0.39 is 5.91 Å². The highest BCUT2D eigenvalue weighted by molar-refractivity contribution is 6.42. The molecule has 0 aliphatic heterocycles. The molecule has 1 heterocycles. The number of hydrogen-bond acceptors (Lipinski definition) is 2. The fraction of sp³-hybridized carbons (Fsp3) is 0. The zero-order chi connectivity index (χ0) is 9.84. The van der Waals surface area contributed by atoms with E-state index in [-0.39, 0.29) is 5.15 Å². The molecule has 3 nitrogen and oxygen atoms in total. The van der Waals surface area contributed by atoms with Gasteiger partial charge in [0.05, 0.1) is 5.02 Å². The normalized spacial score (nSPS) is 10.6. The van der Waals surface area contributed by atoms with E-state index in [0.29, 0.717) is 10.6 Å². The first kappa shape index (κ1) is 10.0. The zero-order valence-electron chi connectivity index (χ0n) is 6.50. The number of carbonyl (C=O) groups is 1. The Hall–Kier alpha value is -1.06. The average Bonchev–Trinajstić information content (AvgIpc) is 2.07. The molecule has 0 unspecified atom stereocenters. The molecule has 5 heteroatoms. The maximum absolute atomic E-state index is 10.4. The van der Waals surface area contributed by atoms with Gasteiger partial charge in [-0.05, 0) is 17.7 Å². The van der Waals surface area contributed by atoms with Crippen LogP contribution in [0.3, 0.4) is 0 Å². The minimum Gasteiger partial charge on any atom is -0.366 e. The molecule has 13 heavy (non-hydrogen) atoms. The van der Waals surface area contributed by atoms with Crippen molar-refractivity contribution in [3.63, 3.8) is 0 Å². The molecule has 0 fully saturated rings. The van der Waals surface area contributed by atoms with Gasteiger partial charge in [-0.15, -0.1) is 0 Å². The summed E-state index contributed by atoms with van der Waals surface area (Å²) in [5, 5.41) is 0.509. The van der Waals surface area contributed by atoms with Gasteiger partial charge < -0.3 is 5.73 Å². The van der Waals surface area contributed by atoms with Crippen LogP contribution in [0.1, 0.15) is 5.56 Å². The Balaban J connectivity index is 3.02.